The van der Waals surface area contributed by atoms with E-state index in [2.05, 4.69) is 41.6 Å². The number of thiophene rings is 1. The van der Waals surface area contributed by atoms with Gasteiger partial charge >= 0.3 is 0 Å². The lowest BCUT2D eigenvalue weighted by Gasteiger charge is -2.32. The molecular weight excluding hydrogens is 254 g/mol. The first-order chi connectivity index (χ1) is 9.29. The number of rotatable bonds is 3. The second-order valence-corrected chi connectivity index (χ2v) is 5.60. The van der Waals surface area contributed by atoms with E-state index < -0.39 is 0 Å². The highest BCUT2D eigenvalue weighted by Crippen LogP contribution is 2.21. The number of nitrogens with two attached hydrogens (primary N) is 1. The van der Waals surface area contributed by atoms with Gasteiger partial charge in [-0.2, -0.15) is 0 Å². The SMILES string of the molecule is CCC(N)C1N=c2ccsc2=CN1c1ccccc1. The van der Waals surface area contributed by atoms with E-state index in [-0.39, 0.29) is 12.2 Å². The van der Waals surface area contributed by atoms with Crippen LogP contribution in [0.1, 0.15) is 13.3 Å². The number of nitrogens with zero attached hydrogens (tertiary/aromatic N) is 2. The quantitative estimate of drug-likeness (QED) is 0.923. The van der Waals surface area contributed by atoms with Crippen molar-refractivity contribution < 1.29 is 0 Å². The second kappa shape index (κ2) is 5.15. The minimum Gasteiger partial charge on any atom is -0.324 e. The molecule has 1 aromatic heterocycles. The van der Waals surface area contributed by atoms with Gasteiger partial charge in [0, 0.05) is 17.9 Å². The van der Waals surface area contributed by atoms with E-state index in [1.54, 1.807) is 11.3 Å². The van der Waals surface area contributed by atoms with E-state index in [1.807, 2.05) is 18.2 Å². The molecule has 2 aromatic rings. The summed E-state index contributed by atoms with van der Waals surface area (Å²) in [5, 5.41) is 3.14. The van der Waals surface area contributed by atoms with Crippen molar-refractivity contribution in [2.45, 2.75) is 25.6 Å². The second-order valence-electron chi connectivity index (χ2n) is 4.66. The molecule has 19 heavy (non-hydrogen) atoms. The zero-order chi connectivity index (χ0) is 13.2. The van der Waals surface area contributed by atoms with Crippen LogP contribution in [-0.2, 0) is 0 Å². The van der Waals surface area contributed by atoms with Gasteiger partial charge in [-0.05, 0) is 30.0 Å². The average Bonchev–Trinajstić information content (AvgIpc) is 2.93. The van der Waals surface area contributed by atoms with E-state index >= 15 is 0 Å². The molecule has 1 aromatic carbocycles. The molecule has 98 valence electrons. The standard InChI is InChI=1S/C15H17N3S/c1-2-12(16)15-17-13-8-9-19-14(13)10-18(15)11-6-4-3-5-7-11/h3-10,12,15H,2,16H2,1H3. The van der Waals surface area contributed by atoms with Gasteiger partial charge in [0.25, 0.3) is 0 Å². The maximum Gasteiger partial charge on any atom is 0.140 e. The van der Waals surface area contributed by atoms with Crippen LogP contribution in [0.2, 0.25) is 0 Å². The Bertz CT molecular complexity index is 662. The van der Waals surface area contributed by atoms with Crippen LogP contribution < -0.4 is 20.5 Å². The van der Waals surface area contributed by atoms with Gasteiger partial charge in [-0.1, -0.05) is 25.1 Å². The molecule has 0 bridgehead atoms. The fourth-order valence-electron chi connectivity index (χ4n) is 2.27. The predicted molar refractivity (Wildman–Crippen MR) is 80.5 cm³/mol. The van der Waals surface area contributed by atoms with Crippen molar-refractivity contribution >= 4 is 23.2 Å². The van der Waals surface area contributed by atoms with Crippen molar-refractivity contribution in [2.24, 2.45) is 10.7 Å². The number of hydrogen-bond acceptors (Lipinski definition) is 4. The Morgan fingerprint density at radius 2 is 2.11 bits per heavy atom. The normalized spacial score (nSPS) is 19.3. The zero-order valence-electron chi connectivity index (χ0n) is 10.9. The van der Waals surface area contributed by atoms with Crippen LogP contribution in [0.25, 0.3) is 6.20 Å². The molecular formula is C15H17N3S. The van der Waals surface area contributed by atoms with Crippen LogP contribution in [0.3, 0.4) is 0 Å². The van der Waals surface area contributed by atoms with E-state index in [4.69, 9.17) is 10.7 Å². The molecule has 3 nitrogen and oxygen atoms in total. The van der Waals surface area contributed by atoms with Crippen molar-refractivity contribution in [1.29, 1.82) is 0 Å². The third-order valence-electron chi connectivity index (χ3n) is 3.39. The van der Waals surface area contributed by atoms with Crippen molar-refractivity contribution in [2.75, 3.05) is 4.90 Å². The Hall–Kier alpha value is -1.65. The van der Waals surface area contributed by atoms with Crippen LogP contribution in [-0.4, -0.2) is 12.2 Å². The van der Waals surface area contributed by atoms with Crippen LogP contribution in [0.4, 0.5) is 5.69 Å². The highest BCUT2D eigenvalue weighted by atomic mass is 32.1. The smallest absolute Gasteiger partial charge is 0.140 e. The Labute approximate surface area is 116 Å². The van der Waals surface area contributed by atoms with Gasteiger partial charge in [-0.25, -0.2) is 0 Å². The number of hydrogen-bond donors (Lipinski definition) is 1. The molecule has 2 N–H and O–H groups in total. The van der Waals surface area contributed by atoms with Gasteiger partial charge in [0.2, 0.25) is 0 Å². The van der Waals surface area contributed by atoms with E-state index in [0.717, 1.165) is 17.5 Å². The monoisotopic (exact) mass is 271 g/mol. The van der Waals surface area contributed by atoms with Gasteiger partial charge in [-0.15, -0.1) is 11.3 Å². The Morgan fingerprint density at radius 1 is 1.32 bits per heavy atom. The third kappa shape index (κ3) is 2.29. The van der Waals surface area contributed by atoms with E-state index in [1.165, 1.54) is 4.53 Å². The van der Waals surface area contributed by atoms with Crippen LogP contribution >= 0.6 is 11.3 Å². The first-order valence-corrected chi connectivity index (χ1v) is 7.39. The fourth-order valence-corrected chi connectivity index (χ4v) is 3.02. The molecule has 2 unspecified atom stereocenters. The summed E-state index contributed by atoms with van der Waals surface area (Å²) in [6.45, 7) is 2.10. The summed E-state index contributed by atoms with van der Waals surface area (Å²) in [4.78, 5) is 7.00. The molecule has 1 aliphatic rings. The molecule has 0 radical (unpaired) electrons. The van der Waals surface area contributed by atoms with Gasteiger partial charge < -0.3 is 10.6 Å². The molecule has 0 spiro atoms. The van der Waals surface area contributed by atoms with E-state index in [0.29, 0.717) is 0 Å². The Balaban J connectivity index is 2.10. The summed E-state index contributed by atoms with van der Waals surface area (Å²) < 4.78 is 1.20. The maximum atomic E-state index is 6.25. The van der Waals surface area contributed by atoms with Crippen molar-refractivity contribution in [3.63, 3.8) is 0 Å². The lowest BCUT2D eigenvalue weighted by molar-refractivity contribution is 0.512. The molecule has 4 heteroatoms. The largest absolute Gasteiger partial charge is 0.324 e. The number of para-hydroxylation sites is 1. The van der Waals surface area contributed by atoms with E-state index in [9.17, 15) is 0 Å². The molecule has 2 heterocycles. The molecule has 1 aliphatic heterocycles. The molecule has 0 saturated heterocycles. The van der Waals surface area contributed by atoms with Crippen molar-refractivity contribution in [1.82, 2.24) is 0 Å². The van der Waals surface area contributed by atoms with Crippen LogP contribution in [0.5, 0.6) is 0 Å². The van der Waals surface area contributed by atoms with Crippen molar-refractivity contribution in [3.05, 3.63) is 51.7 Å². The summed E-state index contributed by atoms with van der Waals surface area (Å²) >= 11 is 1.71. The molecule has 0 amide bonds. The predicted octanol–water partition coefficient (Wildman–Crippen LogP) is 1.69. The first kappa shape index (κ1) is 12.4. The molecule has 0 saturated carbocycles. The lowest BCUT2D eigenvalue weighted by Crippen LogP contribution is -2.49. The van der Waals surface area contributed by atoms with Crippen LogP contribution in [0, 0.1) is 0 Å². The Kier molecular flexibility index (Phi) is 3.36. The molecule has 0 fully saturated rings. The molecule has 3 rings (SSSR count). The summed E-state index contributed by atoms with van der Waals surface area (Å²) in [6.07, 6.45) is 3.06. The minimum atomic E-state index is -0.0190. The third-order valence-corrected chi connectivity index (χ3v) is 4.24. The summed E-state index contributed by atoms with van der Waals surface area (Å²) in [7, 11) is 0. The van der Waals surface area contributed by atoms with Gasteiger partial charge in [0.15, 0.2) is 0 Å². The summed E-state index contributed by atoms with van der Waals surface area (Å²) in [6, 6.07) is 12.4. The minimum absolute atomic E-state index is 0.0190. The lowest BCUT2D eigenvalue weighted by atomic mass is 10.1. The fraction of sp³-hybridized carbons (Fsp3) is 0.267. The number of benzene rings is 1. The molecule has 0 aliphatic carbocycles. The van der Waals surface area contributed by atoms with Gasteiger partial charge in [-0.3, -0.25) is 4.99 Å². The zero-order valence-corrected chi connectivity index (χ0v) is 11.7. The Morgan fingerprint density at radius 3 is 2.84 bits per heavy atom. The topological polar surface area (TPSA) is 41.6 Å². The average molecular weight is 271 g/mol. The molecule has 2 atom stereocenters. The van der Waals surface area contributed by atoms with Crippen molar-refractivity contribution in [3.8, 4) is 0 Å². The van der Waals surface area contributed by atoms with Crippen LogP contribution in [0.15, 0.2) is 46.8 Å². The highest BCUT2D eigenvalue weighted by Gasteiger charge is 2.24. The number of fused-ring (bicyclic) bond motifs is 1. The first-order valence-electron chi connectivity index (χ1n) is 6.52. The maximum absolute atomic E-state index is 6.25. The summed E-state index contributed by atoms with van der Waals surface area (Å²) in [5.41, 5.74) is 7.39. The summed E-state index contributed by atoms with van der Waals surface area (Å²) in [5.74, 6) is 0. The highest BCUT2D eigenvalue weighted by molar-refractivity contribution is 7.07. The van der Waals surface area contributed by atoms with Gasteiger partial charge in [0.05, 0.1) is 9.89 Å². The van der Waals surface area contributed by atoms with Gasteiger partial charge in [0.1, 0.15) is 6.17 Å². The number of anilines is 1.